The quantitative estimate of drug-likeness (QED) is 0.710. The van der Waals surface area contributed by atoms with Crippen LogP contribution in [0.5, 0.6) is 0 Å². The van der Waals surface area contributed by atoms with Gasteiger partial charge in [0.05, 0.1) is 5.54 Å². The van der Waals surface area contributed by atoms with E-state index < -0.39 is 0 Å². The standard InChI is InChI=1S/C21H34N2O2/c24-20(19-2-1-3-19)22-14-21(15-22)10-18(13-25-12-17-6-7-17)8-9-23(21)11-16-4-5-16/h16-19H,1-15H2. The van der Waals surface area contributed by atoms with Gasteiger partial charge in [0.2, 0.25) is 5.91 Å². The van der Waals surface area contributed by atoms with Gasteiger partial charge in [0.25, 0.3) is 0 Å². The normalized spacial score (nSPS) is 32.5. The third kappa shape index (κ3) is 3.49. The van der Waals surface area contributed by atoms with Crippen molar-refractivity contribution in [3.63, 3.8) is 0 Å². The zero-order valence-electron chi connectivity index (χ0n) is 15.6. The molecule has 140 valence electrons. The Labute approximate surface area is 152 Å². The van der Waals surface area contributed by atoms with Crippen molar-refractivity contribution in [3.05, 3.63) is 0 Å². The molecule has 0 aromatic rings. The van der Waals surface area contributed by atoms with E-state index in [1.807, 2.05) is 0 Å². The number of likely N-dealkylation sites (tertiary alicyclic amines) is 2. The van der Waals surface area contributed by atoms with Crippen LogP contribution in [0.2, 0.25) is 0 Å². The molecule has 3 aliphatic carbocycles. The van der Waals surface area contributed by atoms with Gasteiger partial charge in [-0.1, -0.05) is 6.42 Å². The van der Waals surface area contributed by atoms with Crippen LogP contribution < -0.4 is 0 Å². The summed E-state index contributed by atoms with van der Waals surface area (Å²) in [4.78, 5) is 17.5. The summed E-state index contributed by atoms with van der Waals surface area (Å²) in [5.41, 5.74) is 0.286. The van der Waals surface area contributed by atoms with Crippen molar-refractivity contribution in [1.82, 2.24) is 9.80 Å². The first-order valence-electron chi connectivity index (χ1n) is 10.8. The van der Waals surface area contributed by atoms with Crippen LogP contribution in [0.1, 0.15) is 57.8 Å². The Balaban J connectivity index is 1.18. The third-order valence-electron chi connectivity index (χ3n) is 7.46. The average Bonchev–Trinajstić information content (AvgIpc) is 3.39. The zero-order chi connectivity index (χ0) is 16.9. The fourth-order valence-corrected chi connectivity index (χ4v) is 5.13. The zero-order valence-corrected chi connectivity index (χ0v) is 15.6. The number of hydrogen-bond donors (Lipinski definition) is 0. The summed E-state index contributed by atoms with van der Waals surface area (Å²) in [7, 11) is 0. The Kier molecular flexibility index (Phi) is 4.32. The van der Waals surface area contributed by atoms with Gasteiger partial charge in [0.1, 0.15) is 0 Å². The molecule has 25 heavy (non-hydrogen) atoms. The molecule has 5 rings (SSSR count). The molecular weight excluding hydrogens is 312 g/mol. The summed E-state index contributed by atoms with van der Waals surface area (Å²) in [6.07, 6.45) is 11.6. The van der Waals surface area contributed by atoms with Crippen LogP contribution in [0.15, 0.2) is 0 Å². The molecule has 0 aromatic heterocycles. The van der Waals surface area contributed by atoms with Crippen LogP contribution in [0, 0.1) is 23.7 Å². The molecule has 4 nitrogen and oxygen atoms in total. The molecule has 0 aromatic carbocycles. The van der Waals surface area contributed by atoms with E-state index in [2.05, 4.69) is 9.80 Å². The SMILES string of the molecule is O=C(C1CCC1)N1CC2(CC(COCC3CC3)CCN2CC2CC2)C1. The van der Waals surface area contributed by atoms with Crippen LogP contribution in [0.25, 0.3) is 0 Å². The highest BCUT2D eigenvalue weighted by molar-refractivity contribution is 5.80. The lowest BCUT2D eigenvalue weighted by atomic mass is 9.73. The first-order valence-corrected chi connectivity index (χ1v) is 10.8. The van der Waals surface area contributed by atoms with Crippen LogP contribution >= 0.6 is 0 Å². The lowest BCUT2D eigenvalue weighted by Crippen LogP contribution is -2.74. The number of carbonyl (C=O) groups excluding carboxylic acids is 1. The molecule has 4 heteroatoms. The molecule has 0 bridgehead atoms. The highest BCUT2D eigenvalue weighted by Crippen LogP contribution is 2.43. The summed E-state index contributed by atoms with van der Waals surface area (Å²) in [6.45, 7) is 6.43. The largest absolute Gasteiger partial charge is 0.381 e. The number of ether oxygens (including phenoxy) is 1. The first-order chi connectivity index (χ1) is 12.2. The Bertz CT molecular complexity index is 504. The molecule has 2 heterocycles. The second-order valence-electron chi connectivity index (χ2n) is 9.78. The Morgan fingerprint density at radius 1 is 0.920 bits per heavy atom. The molecule has 1 atom stereocenters. The fourth-order valence-electron chi connectivity index (χ4n) is 5.13. The molecule has 5 aliphatic rings. The second-order valence-corrected chi connectivity index (χ2v) is 9.78. The van der Waals surface area contributed by atoms with Crippen molar-refractivity contribution in [1.29, 1.82) is 0 Å². The molecule has 1 unspecified atom stereocenters. The maximum Gasteiger partial charge on any atom is 0.225 e. The third-order valence-corrected chi connectivity index (χ3v) is 7.46. The van der Waals surface area contributed by atoms with Gasteiger partial charge in [-0.3, -0.25) is 9.69 Å². The van der Waals surface area contributed by atoms with Gasteiger partial charge in [-0.2, -0.15) is 0 Å². The molecule has 5 fully saturated rings. The van der Waals surface area contributed by atoms with E-state index in [9.17, 15) is 4.79 Å². The van der Waals surface area contributed by atoms with E-state index in [0.717, 1.165) is 51.0 Å². The lowest BCUT2D eigenvalue weighted by molar-refractivity contribution is -0.160. The molecule has 0 N–H and O–H groups in total. The highest BCUT2D eigenvalue weighted by Gasteiger charge is 2.53. The van der Waals surface area contributed by atoms with Crippen LogP contribution in [-0.2, 0) is 9.53 Å². The topological polar surface area (TPSA) is 32.8 Å². The van der Waals surface area contributed by atoms with Crippen LogP contribution in [0.3, 0.4) is 0 Å². The summed E-state index contributed by atoms with van der Waals surface area (Å²) < 4.78 is 6.03. The summed E-state index contributed by atoms with van der Waals surface area (Å²) in [5, 5.41) is 0. The number of hydrogen-bond acceptors (Lipinski definition) is 3. The van der Waals surface area contributed by atoms with E-state index >= 15 is 0 Å². The number of rotatable bonds is 7. The summed E-state index contributed by atoms with van der Waals surface area (Å²) in [6, 6.07) is 0. The van der Waals surface area contributed by atoms with Crippen LogP contribution in [0.4, 0.5) is 0 Å². The number of nitrogens with zero attached hydrogens (tertiary/aromatic N) is 2. The molecular formula is C21H34N2O2. The monoisotopic (exact) mass is 346 g/mol. The van der Waals surface area contributed by atoms with Crippen molar-refractivity contribution in [2.75, 3.05) is 39.4 Å². The van der Waals surface area contributed by atoms with Gasteiger partial charge in [0.15, 0.2) is 0 Å². The molecule has 1 amide bonds. The minimum atomic E-state index is 0.286. The highest BCUT2D eigenvalue weighted by atomic mass is 16.5. The molecule has 2 aliphatic heterocycles. The Morgan fingerprint density at radius 2 is 1.64 bits per heavy atom. The predicted molar refractivity (Wildman–Crippen MR) is 97.2 cm³/mol. The predicted octanol–water partition coefficient (Wildman–Crippen LogP) is 2.92. The molecule has 1 spiro atoms. The molecule has 2 saturated heterocycles. The van der Waals surface area contributed by atoms with Crippen molar-refractivity contribution in [3.8, 4) is 0 Å². The van der Waals surface area contributed by atoms with Gasteiger partial charge in [-0.15, -0.1) is 0 Å². The van der Waals surface area contributed by atoms with Crippen molar-refractivity contribution >= 4 is 5.91 Å². The van der Waals surface area contributed by atoms with Gasteiger partial charge < -0.3 is 9.64 Å². The van der Waals surface area contributed by atoms with E-state index in [1.165, 1.54) is 58.0 Å². The minimum Gasteiger partial charge on any atom is -0.381 e. The van der Waals surface area contributed by atoms with Crippen molar-refractivity contribution in [2.45, 2.75) is 63.3 Å². The van der Waals surface area contributed by atoms with Gasteiger partial charge in [0, 0.05) is 38.8 Å². The van der Waals surface area contributed by atoms with E-state index in [-0.39, 0.29) is 5.54 Å². The number of piperidine rings is 1. The summed E-state index contributed by atoms with van der Waals surface area (Å²) >= 11 is 0. The fraction of sp³-hybridized carbons (Fsp3) is 0.952. The van der Waals surface area contributed by atoms with E-state index in [1.54, 1.807) is 0 Å². The smallest absolute Gasteiger partial charge is 0.225 e. The van der Waals surface area contributed by atoms with Gasteiger partial charge in [-0.25, -0.2) is 0 Å². The maximum absolute atomic E-state index is 12.6. The second kappa shape index (κ2) is 6.53. The molecule has 0 radical (unpaired) electrons. The van der Waals surface area contributed by atoms with E-state index in [0.29, 0.717) is 17.7 Å². The van der Waals surface area contributed by atoms with Crippen molar-refractivity contribution in [2.24, 2.45) is 23.7 Å². The minimum absolute atomic E-state index is 0.286. The maximum atomic E-state index is 12.6. The average molecular weight is 347 g/mol. The van der Waals surface area contributed by atoms with Gasteiger partial charge in [-0.05, 0) is 75.7 Å². The van der Waals surface area contributed by atoms with E-state index in [4.69, 9.17) is 4.74 Å². The van der Waals surface area contributed by atoms with Crippen molar-refractivity contribution < 1.29 is 9.53 Å². The van der Waals surface area contributed by atoms with Crippen LogP contribution in [-0.4, -0.2) is 60.6 Å². The number of amides is 1. The first kappa shape index (κ1) is 16.6. The van der Waals surface area contributed by atoms with Gasteiger partial charge >= 0.3 is 0 Å². The summed E-state index contributed by atoms with van der Waals surface area (Å²) in [5.74, 6) is 3.32. The lowest BCUT2D eigenvalue weighted by Gasteiger charge is -2.60. The Hall–Kier alpha value is -0.610. The molecule has 3 saturated carbocycles. The Morgan fingerprint density at radius 3 is 2.28 bits per heavy atom. The number of carbonyl (C=O) groups is 1.